The Bertz CT molecular complexity index is 1610. The predicted octanol–water partition coefficient (Wildman–Crippen LogP) is 3.25. The smallest absolute Gasteiger partial charge is 0.287 e. The van der Waals surface area contributed by atoms with E-state index in [4.69, 9.17) is 14.2 Å². The Morgan fingerprint density at radius 3 is 2.50 bits per heavy atom. The number of aliphatic hydroxyl groups excluding tert-OH is 1. The normalized spacial score (nSPS) is 16.3. The lowest BCUT2D eigenvalue weighted by Crippen LogP contribution is -2.38. The number of nitro groups is 1. The van der Waals surface area contributed by atoms with Gasteiger partial charge in [0.2, 0.25) is 16.3 Å². The molecule has 3 N–H and O–H groups in total. The van der Waals surface area contributed by atoms with Crippen molar-refractivity contribution in [1.82, 2.24) is 14.6 Å². The molecular weight excluding hydrogens is 733 g/mol. The molecule has 14 nitrogen and oxygen atoms in total. The number of halogens is 1. The van der Waals surface area contributed by atoms with Gasteiger partial charge in [-0.15, -0.1) is 0 Å². The molecule has 0 aliphatic carbocycles. The van der Waals surface area contributed by atoms with Gasteiger partial charge in [-0.25, -0.2) is 13.4 Å². The lowest BCUT2D eigenvalue weighted by molar-refractivity contribution is -0.385. The van der Waals surface area contributed by atoms with E-state index in [9.17, 15) is 28.4 Å². The zero-order chi connectivity index (χ0) is 33.1. The van der Waals surface area contributed by atoms with E-state index < -0.39 is 27.1 Å². The zero-order valence-corrected chi connectivity index (χ0v) is 27.8. The van der Waals surface area contributed by atoms with E-state index in [-0.39, 0.29) is 55.1 Å². The first kappa shape index (κ1) is 35.0. The first-order chi connectivity index (χ1) is 22.1. The number of carbonyl (C=O) groups is 1. The molecule has 1 aliphatic heterocycles. The number of nitrogens with one attached hydrogen (secondary N) is 2. The highest BCUT2D eigenvalue weighted by Crippen LogP contribution is 2.32. The van der Waals surface area contributed by atoms with Crippen LogP contribution in [-0.2, 0) is 24.3 Å². The molecule has 3 aromatic rings. The minimum absolute atomic E-state index is 0.0511. The second-order valence-electron chi connectivity index (χ2n) is 9.99. The molecule has 46 heavy (non-hydrogen) atoms. The predicted molar refractivity (Wildman–Crippen MR) is 177 cm³/mol. The Morgan fingerprint density at radius 1 is 1.13 bits per heavy atom. The van der Waals surface area contributed by atoms with Gasteiger partial charge >= 0.3 is 0 Å². The maximum Gasteiger partial charge on any atom is 0.287 e. The first-order valence-electron chi connectivity index (χ1n) is 14.2. The summed E-state index contributed by atoms with van der Waals surface area (Å²) in [5.74, 6) is 0.316. The number of benzene rings is 2. The number of anilines is 1. The number of hydrogen-bond acceptors (Lipinski definition) is 11. The summed E-state index contributed by atoms with van der Waals surface area (Å²) >= 11 is 2.21. The number of methoxy groups -OCH3 is 1. The van der Waals surface area contributed by atoms with Gasteiger partial charge in [-0.2, -0.15) is 4.31 Å². The summed E-state index contributed by atoms with van der Waals surface area (Å²) in [7, 11) is -2.45. The molecule has 2 atom stereocenters. The van der Waals surface area contributed by atoms with Crippen LogP contribution in [0.15, 0.2) is 83.6 Å². The van der Waals surface area contributed by atoms with Gasteiger partial charge in [0.1, 0.15) is 17.8 Å². The van der Waals surface area contributed by atoms with Crippen LogP contribution < -0.4 is 15.4 Å². The van der Waals surface area contributed by atoms with E-state index in [1.54, 1.807) is 18.2 Å². The number of ether oxygens (including phenoxy) is 3. The molecule has 0 saturated heterocycles. The molecule has 0 fully saturated rings. The second-order valence-corrected chi connectivity index (χ2v) is 13.2. The molecule has 246 valence electrons. The number of sulfonamides is 1. The number of rotatable bonds is 16. The van der Waals surface area contributed by atoms with Crippen LogP contribution in [0.5, 0.6) is 5.75 Å². The van der Waals surface area contributed by atoms with Crippen molar-refractivity contribution in [1.29, 1.82) is 0 Å². The molecule has 2 heterocycles. The molecule has 16 heteroatoms. The van der Waals surface area contributed by atoms with Crippen LogP contribution in [0, 0.1) is 13.7 Å². The summed E-state index contributed by atoms with van der Waals surface area (Å²) in [6.45, 7) is -0.125. The van der Waals surface area contributed by atoms with Gasteiger partial charge in [-0.3, -0.25) is 14.9 Å². The summed E-state index contributed by atoms with van der Waals surface area (Å²) in [6, 6.07) is 16.6. The van der Waals surface area contributed by atoms with Crippen molar-refractivity contribution in [2.24, 2.45) is 0 Å². The zero-order valence-electron chi connectivity index (χ0n) is 24.9. The summed E-state index contributed by atoms with van der Waals surface area (Å²) in [6.07, 6.45) is 2.41. The number of carbonyl (C=O) groups excluding carboxylic acids is 1. The summed E-state index contributed by atoms with van der Waals surface area (Å²) in [4.78, 5) is 27.4. The number of nitrogens with zero attached hydrogens (tertiary/aromatic N) is 3. The first-order valence-corrected chi connectivity index (χ1v) is 16.8. The van der Waals surface area contributed by atoms with Crippen LogP contribution in [0.3, 0.4) is 0 Å². The Morgan fingerprint density at radius 2 is 1.87 bits per heavy atom. The number of pyridine rings is 1. The van der Waals surface area contributed by atoms with Crippen molar-refractivity contribution in [3.8, 4) is 5.75 Å². The Labute approximate surface area is 280 Å². The topological polar surface area (TPSA) is 182 Å². The Hall–Kier alpha value is -3.84. The third kappa shape index (κ3) is 9.58. The molecule has 0 radical (unpaired) electrons. The maximum atomic E-state index is 13.3. The highest BCUT2D eigenvalue weighted by atomic mass is 127. The van der Waals surface area contributed by atoms with Gasteiger partial charge in [0.05, 0.1) is 30.1 Å². The molecule has 0 spiro atoms. The van der Waals surface area contributed by atoms with Crippen molar-refractivity contribution in [3.05, 3.63) is 97.9 Å². The van der Waals surface area contributed by atoms with Crippen LogP contribution >= 0.6 is 22.6 Å². The third-order valence-corrected chi connectivity index (χ3v) is 9.58. The van der Waals surface area contributed by atoms with Gasteiger partial charge in [-0.1, -0.05) is 12.1 Å². The molecule has 4 rings (SSSR count). The van der Waals surface area contributed by atoms with Crippen LogP contribution in [0.2, 0.25) is 0 Å². The van der Waals surface area contributed by atoms with E-state index in [0.29, 0.717) is 24.5 Å². The fourth-order valence-corrected chi connectivity index (χ4v) is 6.33. The molecule has 0 bridgehead atoms. The number of aliphatic hydroxyl groups is 1. The molecule has 0 saturated carbocycles. The number of allylic oxidation sites excluding steroid dienone is 1. The van der Waals surface area contributed by atoms with Gasteiger partial charge in [-0.05, 0) is 76.7 Å². The summed E-state index contributed by atoms with van der Waals surface area (Å²) < 4.78 is 45.7. The lowest BCUT2D eigenvalue weighted by Gasteiger charge is -2.30. The standard InChI is InChI=1S/C30H34IN5O9S/c1-43-25-7-9-26(10-8-25)46(41,42)35(14-16-37)15-17-44-29-19-22(21-2-4-23(31)5-3-21)18-27(45-29)30(38)33-13-12-32-28-11-6-24(20-34-28)36(39)40/h2-11,18,20,22,29,37H,12-17,19H2,1H3,(H,32,34)(H,33,38)/t22-,29+/m0/s1. The minimum atomic E-state index is -3.93. The van der Waals surface area contributed by atoms with Crippen LogP contribution in [-0.4, -0.2) is 86.4 Å². The van der Waals surface area contributed by atoms with Crippen molar-refractivity contribution in [3.63, 3.8) is 0 Å². The molecule has 1 aromatic heterocycles. The summed E-state index contributed by atoms with van der Waals surface area (Å²) in [5, 5.41) is 26.1. The van der Waals surface area contributed by atoms with E-state index in [1.165, 1.54) is 31.4 Å². The fourth-order valence-electron chi connectivity index (χ4n) is 4.56. The highest BCUT2D eigenvalue weighted by molar-refractivity contribution is 14.1. The van der Waals surface area contributed by atoms with Gasteiger partial charge < -0.3 is 30.0 Å². The number of hydrogen-bond donors (Lipinski definition) is 3. The summed E-state index contributed by atoms with van der Waals surface area (Å²) in [5.41, 5.74) is 0.831. The second kappa shape index (κ2) is 16.6. The largest absolute Gasteiger partial charge is 0.497 e. The molecule has 1 amide bonds. The minimum Gasteiger partial charge on any atom is -0.497 e. The SMILES string of the molecule is COc1ccc(S(=O)(=O)N(CCO)CCO[C@H]2C[C@@H](c3ccc(I)cc3)C=C(C(=O)NCCNc3ccc([N+](=O)[O-])cn3)O2)cc1. The van der Waals surface area contributed by atoms with Crippen LogP contribution in [0.25, 0.3) is 0 Å². The van der Waals surface area contributed by atoms with E-state index >= 15 is 0 Å². The van der Waals surface area contributed by atoms with E-state index in [2.05, 4.69) is 38.2 Å². The van der Waals surface area contributed by atoms with Crippen molar-refractivity contribution >= 4 is 50.0 Å². The van der Waals surface area contributed by atoms with Crippen molar-refractivity contribution < 1.29 is 37.5 Å². The quantitative estimate of drug-likeness (QED) is 0.0843. The Balaban J connectivity index is 1.38. The average Bonchev–Trinajstić information content (AvgIpc) is 3.06. The third-order valence-electron chi connectivity index (χ3n) is 6.95. The molecular formula is C30H34IN5O9S. The Kier molecular flexibility index (Phi) is 12.7. The molecule has 0 unspecified atom stereocenters. The van der Waals surface area contributed by atoms with Crippen molar-refractivity contribution in [2.75, 3.05) is 51.8 Å². The lowest BCUT2D eigenvalue weighted by atomic mass is 9.93. The van der Waals surface area contributed by atoms with Gasteiger partial charge in [0.25, 0.3) is 11.6 Å². The van der Waals surface area contributed by atoms with Crippen LogP contribution in [0.1, 0.15) is 17.9 Å². The molecule has 2 aromatic carbocycles. The van der Waals surface area contributed by atoms with E-state index in [0.717, 1.165) is 19.6 Å². The number of amides is 1. The van der Waals surface area contributed by atoms with Gasteiger partial charge in [0, 0.05) is 48.2 Å². The molecule has 1 aliphatic rings. The van der Waals surface area contributed by atoms with Gasteiger partial charge in [0.15, 0.2) is 5.76 Å². The monoisotopic (exact) mass is 767 g/mol. The maximum absolute atomic E-state index is 13.3. The fraction of sp³-hybridized carbons (Fsp3) is 0.333. The van der Waals surface area contributed by atoms with E-state index in [1.807, 2.05) is 24.3 Å². The van der Waals surface area contributed by atoms with Crippen molar-refractivity contribution in [2.45, 2.75) is 23.5 Å². The van der Waals surface area contributed by atoms with Crippen LogP contribution in [0.4, 0.5) is 11.5 Å². The highest BCUT2D eigenvalue weighted by Gasteiger charge is 2.30. The number of aromatic nitrogens is 1. The average molecular weight is 768 g/mol.